The van der Waals surface area contributed by atoms with Crippen LogP contribution in [-0.2, 0) is 0 Å². The van der Waals surface area contributed by atoms with Crippen molar-refractivity contribution in [1.29, 1.82) is 0 Å². The molecular weight excluding hydrogens is 250 g/mol. The molecule has 1 saturated heterocycles. The van der Waals surface area contributed by atoms with Gasteiger partial charge in [0.1, 0.15) is 0 Å². The summed E-state index contributed by atoms with van der Waals surface area (Å²) in [6, 6.07) is 7.42. The molecule has 0 spiro atoms. The van der Waals surface area contributed by atoms with E-state index in [0.29, 0.717) is 16.8 Å². The molecule has 2 heterocycles. The lowest BCUT2D eigenvalue weighted by Crippen LogP contribution is -2.28. The highest BCUT2D eigenvalue weighted by atomic mass is 35.5. The van der Waals surface area contributed by atoms with Crippen molar-refractivity contribution in [2.24, 2.45) is 0 Å². The monoisotopic (exact) mass is 263 g/mol. The van der Waals surface area contributed by atoms with E-state index in [2.05, 4.69) is 15.5 Å². The summed E-state index contributed by atoms with van der Waals surface area (Å²) in [4.78, 5) is 0. The van der Waals surface area contributed by atoms with Gasteiger partial charge in [0, 0.05) is 23.0 Å². The largest absolute Gasteiger partial charge is 0.420 e. The minimum absolute atomic E-state index is 0.340. The molecule has 1 aliphatic heterocycles. The van der Waals surface area contributed by atoms with E-state index in [0.717, 1.165) is 37.4 Å². The van der Waals surface area contributed by atoms with Crippen LogP contribution in [0.4, 0.5) is 0 Å². The lowest BCUT2D eigenvalue weighted by Gasteiger charge is -2.18. The number of hydrogen-bond acceptors (Lipinski definition) is 4. The lowest BCUT2D eigenvalue weighted by molar-refractivity contribution is 0.380. The maximum Gasteiger partial charge on any atom is 0.247 e. The van der Waals surface area contributed by atoms with Crippen molar-refractivity contribution in [3.8, 4) is 11.5 Å². The van der Waals surface area contributed by atoms with E-state index in [9.17, 15) is 0 Å². The molecular formula is C13H14ClN3O. The molecule has 1 aromatic carbocycles. The zero-order chi connectivity index (χ0) is 12.4. The summed E-state index contributed by atoms with van der Waals surface area (Å²) in [5.74, 6) is 1.63. The van der Waals surface area contributed by atoms with Gasteiger partial charge >= 0.3 is 0 Å². The summed E-state index contributed by atoms with van der Waals surface area (Å²) in [6.07, 6.45) is 2.26. The third-order valence-corrected chi connectivity index (χ3v) is 3.43. The first-order valence-electron chi connectivity index (χ1n) is 6.13. The van der Waals surface area contributed by atoms with Crippen LogP contribution in [0.5, 0.6) is 0 Å². The minimum atomic E-state index is 0.340. The predicted octanol–water partition coefficient (Wildman–Crippen LogP) is 2.86. The smallest absolute Gasteiger partial charge is 0.247 e. The number of nitrogens with one attached hydrogen (secondary N) is 1. The number of hydrogen-bond donors (Lipinski definition) is 1. The van der Waals surface area contributed by atoms with Crippen LogP contribution < -0.4 is 5.32 Å². The van der Waals surface area contributed by atoms with Crippen LogP contribution in [0.1, 0.15) is 24.7 Å². The van der Waals surface area contributed by atoms with Crippen LogP contribution in [0.25, 0.3) is 11.5 Å². The van der Waals surface area contributed by atoms with E-state index in [1.807, 2.05) is 24.3 Å². The molecule has 0 amide bonds. The number of benzene rings is 1. The highest BCUT2D eigenvalue weighted by Gasteiger charge is 2.21. The van der Waals surface area contributed by atoms with E-state index in [4.69, 9.17) is 16.0 Å². The van der Waals surface area contributed by atoms with E-state index in [1.54, 1.807) is 0 Å². The molecule has 1 aromatic heterocycles. The van der Waals surface area contributed by atoms with Crippen LogP contribution in [0.3, 0.4) is 0 Å². The molecule has 1 unspecified atom stereocenters. The third-order valence-electron chi connectivity index (χ3n) is 3.18. The Morgan fingerprint density at radius 2 is 2.06 bits per heavy atom. The van der Waals surface area contributed by atoms with Gasteiger partial charge < -0.3 is 9.73 Å². The molecule has 0 aliphatic carbocycles. The maximum atomic E-state index is 5.85. The van der Waals surface area contributed by atoms with Gasteiger partial charge in [0.25, 0.3) is 0 Å². The molecule has 2 aromatic rings. The second kappa shape index (κ2) is 5.08. The third kappa shape index (κ3) is 2.40. The summed E-state index contributed by atoms with van der Waals surface area (Å²) in [5, 5.41) is 12.3. The van der Waals surface area contributed by atoms with E-state index in [1.165, 1.54) is 0 Å². The fraction of sp³-hybridized carbons (Fsp3) is 0.385. The lowest BCUT2D eigenvalue weighted by atomic mass is 10.00. The Bertz CT molecular complexity index is 517. The molecule has 0 bridgehead atoms. The topological polar surface area (TPSA) is 51.0 Å². The molecule has 1 N–H and O–H groups in total. The molecule has 5 heteroatoms. The maximum absolute atomic E-state index is 5.85. The first kappa shape index (κ1) is 11.7. The molecule has 0 radical (unpaired) electrons. The van der Waals surface area contributed by atoms with Crippen molar-refractivity contribution < 1.29 is 4.42 Å². The summed E-state index contributed by atoms with van der Waals surface area (Å²) in [5.41, 5.74) is 0.905. The fourth-order valence-electron chi connectivity index (χ4n) is 2.17. The van der Waals surface area contributed by atoms with E-state index >= 15 is 0 Å². The van der Waals surface area contributed by atoms with Crippen LogP contribution in [-0.4, -0.2) is 23.3 Å². The van der Waals surface area contributed by atoms with Crippen molar-refractivity contribution in [3.63, 3.8) is 0 Å². The van der Waals surface area contributed by atoms with Gasteiger partial charge in [0.2, 0.25) is 11.8 Å². The molecule has 94 valence electrons. The zero-order valence-corrected chi connectivity index (χ0v) is 10.7. The predicted molar refractivity (Wildman–Crippen MR) is 69.6 cm³/mol. The van der Waals surface area contributed by atoms with Crippen molar-refractivity contribution in [1.82, 2.24) is 15.5 Å². The van der Waals surface area contributed by atoms with Crippen molar-refractivity contribution in [3.05, 3.63) is 35.2 Å². The van der Waals surface area contributed by atoms with Gasteiger partial charge in [-0.3, -0.25) is 0 Å². The van der Waals surface area contributed by atoms with Gasteiger partial charge in [-0.2, -0.15) is 0 Å². The van der Waals surface area contributed by atoms with Gasteiger partial charge in [0.05, 0.1) is 0 Å². The zero-order valence-electron chi connectivity index (χ0n) is 9.90. The number of halogens is 1. The average molecular weight is 264 g/mol. The highest BCUT2D eigenvalue weighted by Crippen LogP contribution is 2.26. The van der Waals surface area contributed by atoms with E-state index < -0.39 is 0 Å². The Morgan fingerprint density at radius 1 is 1.22 bits per heavy atom. The van der Waals surface area contributed by atoms with Crippen LogP contribution >= 0.6 is 11.6 Å². The Morgan fingerprint density at radius 3 is 2.78 bits per heavy atom. The minimum Gasteiger partial charge on any atom is -0.420 e. The Labute approximate surface area is 110 Å². The first-order valence-corrected chi connectivity index (χ1v) is 6.51. The summed E-state index contributed by atoms with van der Waals surface area (Å²) in [7, 11) is 0. The van der Waals surface area contributed by atoms with Crippen molar-refractivity contribution in [2.45, 2.75) is 18.8 Å². The van der Waals surface area contributed by atoms with Gasteiger partial charge in [-0.1, -0.05) is 11.6 Å². The molecule has 0 saturated carbocycles. The van der Waals surface area contributed by atoms with Gasteiger partial charge in [-0.15, -0.1) is 10.2 Å². The molecule has 4 nitrogen and oxygen atoms in total. The highest BCUT2D eigenvalue weighted by molar-refractivity contribution is 6.30. The molecule has 3 rings (SSSR count). The van der Waals surface area contributed by atoms with Gasteiger partial charge in [-0.05, 0) is 43.7 Å². The number of rotatable bonds is 2. The van der Waals surface area contributed by atoms with Crippen molar-refractivity contribution in [2.75, 3.05) is 13.1 Å². The summed E-state index contributed by atoms with van der Waals surface area (Å²) in [6.45, 7) is 2.00. The Balaban J connectivity index is 1.82. The summed E-state index contributed by atoms with van der Waals surface area (Å²) < 4.78 is 5.74. The quantitative estimate of drug-likeness (QED) is 0.905. The fourth-order valence-corrected chi connectivity index (χ4v) is 2.30. The van der Waals surface area contributed by atoms with Crippen molar-refractivity contribution >= 4 is 11.6 Å². The first-order chi connectivity index (χ1) is 8.83. The van der Waals surface area contributed by atoms with Gasteiger partial charge in [0.15, 0.2) is 0 Å². The Hall–Kier alpha value is -1.39. The standard InChI is InChI=1S/C13H14ClN3O/c14-11-5-3-9(4-6-11)12-16-17-13(18-12)10-2-1-7-15-8-10/h3-6,10,15H,1-2,7-8H2. The van der Waals surface area contributed by atoms with Crippen LogP contribution in [0.15, 0.2) is 28.7 Å². The average Bonchev–Trinajstić information content (AvgIpc) is 2.90. The summed E-state index contributed by atoms with van der Waals surface area (Å²) >= 11 is 5.85. The second-order valence-corrected chi connectivity index (χ2v) is 4.93. The molecule has 1 aliphatic rings. The molecule has 1 atom stereocenters. The second-order valence-electron chi connectivity index (χ2n) is 4.50. The van der Waals surface area contributed by atoms with E-state index in [-0.39, 0.29) is 0 Å². The molecule has 18 heavy (non-hydrogen) atoms. The molecule has 1 fully saturated rings. The van der Waals surface area contributed by atoms with Crippen LogP contribution in [0.2, 0.25) is 5.02 Å². The Kier molecular flexibility index (Phi) is 3.30. The van der Waals surface area contributed by atoms with Crippen LogP contribution in [0, 0.1) is 0 Å². The SMILES string of the molecule is Clc1ccc(-c2nnc(C3CCCNC3)o2)cc1. The number of aromatic nitrogens is 2. The normalized spacial score (nSPS) is 19.9. The van der Waals surface area contributed by atoms with Gasteiger partial charge in [-0.25, -0.2) is 0 Å². The number of piperidine rings is 1. The number of nitrogens with zero attached hydrogens (tertiary/aromatic N) is 2.